The lowest BCUT2D eigenvalue weighted by Gasteiger charge is -2.30. The summed E-state index contributed by atoms with van der Waals surface area (Å²) in [5.41, 5.74) is 1.23. The molecule has 1 amide bonds. The Hall–Kier alpha value is -2.67. The number of carbonyl (C=O) groups is 2. The van der Waals surface area contributed by atoms with Crippen molar-refractivity contribution in [1.82, 2.24) is 14.5 Å². The maximum atomic E-state index is 12.6. The van der Waals surface area contributed by atoms with Crippen LogP contribution in [0.5, 0.6) is 0 Å². The van der Waals surface area contributed by atoms with Crippen LogP contribution in [0.25, 0.3) is 5.69 Å². The molecule has 1 aromatic heterocycles. The van der Waals surface area contributed by atoms with Crippen LogP contribution in [-0.4, -0.2) is 57.2 Å². The largest absolute Gasteiger partial charge is 0.479 e. The summed E-state index contributed by atoms with van der Waals surface area (Å²) in [5, 5.41) is 9.02. The van der Waals surface area contributed by atoms with Crippen molar-refractivity contribution in [2.45, 2.75) is 6.10 Å². The number of hydrogen-bond acceptors (Lipinski definition) is 4. The summed E-state index contributed by atoms with van der Waals surface area (Å²) in [7, 11) is 0. The number of benzene rings is 1. The summed E-state index contributed by atoms with van der Waals surface area (Å²) < 4.78 is 6.82. The fraction of sp³-hybridized carbons (Fsp3) is 0.267. The Morgan fingerprint density at radius 3 is 2.77 bits per heavy atom. The van der Waals surface area contributed by atoms with E-state index in [-0.39, 0.29) is 19.1 Å². The Bertz CT molecular complexity index is 683. The van der Waals surface area contributed by atoms with Crippen molar-refractivity contribution in [2.24, 2.45) is 0 Å². The van der Waals surface area contributed by atoms with E-state index in [1.807, 2.05) is 30.3 Å². The number of imidazole rings is 1. The van der Waals surface area contributed by atoms with Crippen LogP contribution in [0, 0.1) is 0 Å². The third kappa shape index (κ3) is 2.71. The number of hydrogen-bond donors (Lipinski definition) is 1. The summed E-state index contributed by atoms with van der Waals surface area (Å²) >= 11 is 0. The summed E-state index contributed by atoms with van der Waals surface area (Å²) in [5.74, 6) is -1.31. The molecule has 1 atom stereocenters. The van der Waals surface area contributed by atoms with Gasteiger partial charge in [-0.2, -0.15) is 0 Å². The average Bonchev–Trinajstić information content (AvgIpc) is 3.04. The highest BCUT2D eigenvalue weighted by atomic mass is 16.5. The van der Waals surface area contributed by atoms with Crippen LogP contribution in [0.4, 0.5) is 0 Å². The molecule has 1 unspecified atom stereocenters. The van der Waals surface area contributed by atoms with E-state index in [1.165, 1.54) is 11.1 Å². The molecule has 1 aliphatic heterocycles. The van der Waals surface area contributed by atoms with Crippen LogP contribution in [0.15, 0.2) is 42.9 Å². The maximum absolute atomic E-state index is 12.6. The zero-order valence-electron chi connectivity index (χ0n) is 11.8. The second kappa shape index (κ2) is 5.98. The maximum Gasteiger partial charge on any atom is 0.334 e. The van der Waals surface area contributed by atoms with Gasteiger partial charge < -0.3 is 14.7 Å². The molecule has 2 heterocycles. The van der Waals surface area contributed by atoms with E-state index < -0.39 is 12.1 Å². The van der Waals surface area contributed by atoms with Gasteiger partial charge in [0.2, 0.25) is 0 Å². The molecule has 1 fully saturated rings. The van der Waals surface area contributed by atoms with E-state index in [4.69, 9.17) is 9.84 Å². The van der Waals surface area contributed by atoms with Gasteiger partial charge in [0, 0.05) is 12.2 Å². The topological polar surface area (TPSA) is 84.7 Å². The monoisotopic (exact) mass is 301 g/mol. The Labute approximate surface area is 126 Å². The summed E-state index contributed by atoms with van der Waals surface area (Å²) in [6.07, 6.45) is 2.07. The molecule has 0 spiro atoms. The first-order valence-corrected chi connectivity index (χ1v) is 6.88. The highest BCUT2D eigenvalue weighted by Gasteiger charge is 2.30. The fourth-order valence-electron chi connectivity index (χ4n) is 2.39. The van der Waals surface area contributed by atoms with Crippen LogP contribution in [-0.2, 0) is 9.53 Å². The van der Waals surface area contributed by atoms with Crippen molar-refractivity contribution in [3.8, 4) is 5.69 Å². The number of nitrogens with zero attached hydrogens (tertiary/aromatic N) is 3. The number of carboxylic acid groups (broad SMARTS) is 1. The van der Waals surface area contributed by atoms with Gasteiger partial charge in [-0.15, -0.1) is 0 Å². The third-order valence-electron chi connectivity index (χ3n) is 3.52. The molecule has 7 nitrogen and oxygen atoms in total. The number of amides is 1. The molecular formula is C15H15N3O4. The number of para-hydroxylation sites is 1. The first-order chi connectivity index (χ1) is 10.7. The predicted molar refractivity (Wildman–Crippen MR) is 76.8 cm³/mol. The SMILES string of the molecule is O=C(O)C1CN(C(=O)c2cncn2-c2ccccc2)CCO1. The number of carbonyl (C=O) groups excluding carboxylic acids is 1. The number of morpholine rings is 1. The van der Waals surface area contributed by atoms with Gasteiger partial charge in [-0.3, -0.25) is 9.36 Å². The van der Waals surface area contributed by atoms with Crippen molar-refractivity contribution in [3.63, 3.8) is 0 Å². The number of ether oxygens (including phenoxy) is 1. The number of aromatic nitrogens is 2. The lowest BCUT2D eigenvalue weighted by molar-refractivity contribution is -0.154. The molecule has 2 aromatic rings. The lowest BCUT2D eigenvalue weighted by atomic mass is 10.2. The molecule has 1 N–H and O–H groups in total. The van der Waals surface area contributed by atoms with Crippen LogP contribution in [0.2, 0.25) is 0 Å². The van der Waals surface area contributed by atoms with Gasteiger partial charge >= 0.3 is 5.97 Å². The third-order valence-corrected chi connectivity index (χ3v) is 3.52. The molecule has 3 rings (SSSR count). The molecule has 22 heavy (non-hydrogen) atoms. The van der Waals surface area contributed by atoms with E-state index in [0.29, 0.717) is 12.2 Å². The molecular weight excluding hydrogens is 286 g/mol. The van der Waals surface area contributed by atoms with Gasteiger partial charge in [-0.05, 0) is 12.1 Å². The van der Waals surface area contributed by atoms with Crippen molar-refractivity contribution in [3.05, 3.63) is 48.5 Å². The Kier molecular flexibility index (Phi) is 3.88. The van der Waals surface area contributed by atoms with E-state index in [1.54, 1.807) is 10.9 Å². The van der Waals surface area contributed by atoms with E-state index in [0.717, 1.165) is 5.69 Å². The van der Waals surface area contributed by atoms with Gasteiger partial charge in [-0.25, -0.2) is 9.78 Å². The quantitative estimate of drug-likeness (QED) is 0.906. The highest BCUT2D eigenvalue weighted by molar-refractivity contribution is 5.93. The summed E-state index contributed by atoms with van der Waals surface area (Å²) in [6, 6.07) is 9.38. The number of carboxylic acids is 1. The van der Waals surface area contributed by atoms with Gasteiger partial charge in [0.1, 0.15) is 5.69 Å². The van der Waals surface area contributed by atoms with Crippen molar-refractivity contribution in [1.29, 1.82) is 0 Å². The molecule has 7 heteroatoms. The molecule has 0 aliphatic carbocycles. The first kappa shape index (κ1) is 14.3. The second-order valence-corrected chi connectivity index (χ2v) is 4.93. The fourth-order valence-corrected chi connectivity index (χ4v) is 2.39. The van der Waals surface area contributed by atoms with Crippen LogP contribution < -0.4 is 0 Å². The molecule has 1 aliphatic rings. The Morgan fingerprint density at radius 1 is 1.27 bits per heavy atom. The van der Waals surface area contributed by atoms with E-state index in [9.17, 15) is 9.59 Å². The normalized spacial score (nSPS) is 18.2. The molecule has 1 saturated heterocycles. The highest BCUT2D eigenvalue weighted by Crippen LogP contribution is 2.15. The van der Waals surface area contributed by atoms with Crippen LogP contribution in [0.3, 0.4) is 0 Å². The summed E-state index contributed by atoms with van der Waals surface area (Å²) in [6.45, 7) is 0.610. The minimum Gasteiger partial charge on any atom is -0.479 e. The number of rotatable bonds is 3. The Morgan fingerprint density at radius 2 is 2.05 bits per heavy atom. The molecule has 0 radical (unpaired) electrons. The minimum atomic E-state index is -1.06. The van der Waals surface area contributed by atoms with Crippen molar-refractivity contribution < 1.29 is 19.4 Å². The van der Waals surface area contributed by atoms with Crippen LogP contribution >= 0.6 is 0 Å². The van der Waals surface area contributed by atoms with E-state index in [2.05, 4.69) is 4.98 Å². The van der Waals surface area contributed by atoms with Gasteiger partial charge in [0.15, 0.2) is 6.10 Å². The molecule has 1 aromatic carbocycles. The minimum absolute atomic E-state index is 0.0358. The number of aliphatic carboxylic acids is 1. The molecule has 0 saturated carbocycles. The van der Waals surface area contributed by atoms with Gasteiger partial charge in [0.05, 0.1) is 25.7 Å². The first-order valence-electron chi connectivity index (χ1n) is 6.88. The molecule has 114 valence electrons. The predicted octanol–water partition coefficient (Wildman–Crippen LogP) is 0.798. The lowest BCUT2D eigenvalue weighted by Crippen LogP contribution is -2.48. The molecule has 0 bridgehead atoms. The Balaban J connectivity index is 1.84. The zero-order chi connectivity index (χ0) is 15.5. The second-order valence-electron chi connectivity index (χ2n) is 4.93. The van der Waals surface area contributed by atoms with Crippen molar-refractivity contribution in [2.75, 3.05) is 19.7 Å². The summed E-state index contributed by atoms with van der Waals surface area (Å²) in [4.78, 5) is 29.2. The van der Waals surface area contributed by atoms with Gasteiger partial charge in [0.25, 0.3) is 5.91 Å². The zero-order valence-corrected chi connectivity index (χ0v) is 11.8. The van der Waals surface area contributed by atoms with Crippen LogP contribution in [0.1, 0.15) is 10.5 Å². The smallest absolute Gasteiger partial charge is 0.334 e. The van der Waals surface area contributed by atoms with E-state index >= 15 is 0 Å². The average molecular weight is 301 g/mol. The van der Waals surface area contributed by atoms with Gasteiger partial charge in [-0.1, -0.05) is 18.2 Å². The standard InChI is InChI=1S/C15H15N3O4/c19-14(17-6-7-22-13(9-17)15(20)21)12-8-16-10-18(12)11-4-2-1-3-5-11/h1-5,8,10,13H,6-7,9H2,(H,20,21). The van der Waals surface area contributed by atoms with Crippen molar-refractivity contribution >= 4 is 11.9 Å².